The molecular formula is C15H23N3O2. The Morgan fingerprint density at radius 2 is 2.15 bits per heavy atom. The second-order valence-corrected chi connectivity index (χ2v) is 5.58. The van der Waals surface area contributed by atoms with Gasteiger partial charge in [-0.05, 0) is 31.5 Å². The molecule has 0 saturated carbocycles. The fraction of sp³-hybridized carbons (Fsp3) is 0.600. The molecular weight excluding hydrogens is 254 g/mol. The van der Waals surface area contributed by atoms with E-state index in [2.05, 4.69) is 16.8 Å². The van der Waals surface area contributed by atoms with Crippen molar-refractivity contribution in [2.24, 2.45) is 0 Å². The van der Waals surface area contributed by atoms with Crippen LogP contribution in [0.15, 0.2) is 24.5 Å². The predicted molar refractivity (Wildman–Crippen MR) is 77.2 cm³/mol. The van der Waals surface area contributed by atoms with Crippen LogP contribution in [0.5, 0.6) is 0 Å². The van der Waals surface area contributed by atoms with Gasteiger partial charge < -0.3 is 10.0 Å². The second kappa shape index (κ2) is 6.81. The van der Waals surface area contributed by atoms with Crippen molar-refractivity contribution >= 4 is 5.91 Å². The van der Waals surface area contributed by atoms with E-state index >= 15 is 0 Å². The highest BCUT2D eigenvalue weighted by Crippen LogP contribution is 2.12. The van der Waals surface area contributed by atoms with Crippen molar-refractivity contribution in [2.45, 2.75) is 32.4 Å². The largest absolute Gasteiger partial charge is 0.392 e. The van der Waals surface area contributed by atoms with Crippen molar-refractivity contribution < 1.29 is 9.90 Å². The van der Waals surface area contributed by atoms with Gasteiger partial charge in [0.25, 0.3) is 0 Å². The number of hydrogen-bond acceptors (Lipinski definition) is 4. The van der Waals surface area contributed by atoms with Crippen LogP contribution in [0.4, 0.5) is 0 Å². The fourth-order valence-electron chi connectivity index (χ4n) is 2.72. The first kappa shape index (κ1) is 14.9. The highest BCUT2D eigenvalue weighted by molar-refractivity contribution is 5.79. The number of aliphatic hydroxyl groups is 1. The second-order valence-electron chi connectivity index (χ2n) is 5.58. The topological polar surface area (TPSA) is 56.7 Å². The maximum atomic E-state index is 12.3. The lowest BCUT2D eigenvalue weighted by Crippen LogP contribution is -2.55. The van der Waals surface area contributed by atoms with Crippen molar-refractivity contribution in [1.29, 1.82) is 0 Å². The molecule has 2 atom stereocenters. The predicted octanol–water partition coefficient (Wildman–Crippen LogP) is 0.538. The molecule has 0 aromatic carbocycles. The lowest BCUT2D eigenvalue weighted by Gasteiger charge is -2.40. The third-order valence-electron chi connectivity index (χ3n) is 3.66. The summed E-state index contributed by atoms with van der Waals surface area (Å²) in [5.74, 6) is 0.167. The van der Waals surface area contributed by atoms with E-state index in [0.717, 1.165) is 25.2 Å². The summed E-state index contributed by atoms with van der Waals surface area (Å²) in [6.45, 7) is 6.93. The number of rotatable bonds is 4. The number of piperazine rings is 1. The Bertz CT molecular complexity index is 436. The Morgan fingerprint density at radius 3 is 2.75 bits per heavy atom. The molecule has 5 heteroatoms. The van der Waals surface area contributed by atoms with E-state index < -0.39 is 0 Å². The van der Waals surface area contributed by atoms with Crippen LogP contribution in [0, 0.1) is 0 Å². The molecule has 1 fully saturated rings. The van der Waals surface area contributed by atoms with Gasteiger partial charge in [-0.1, -0.05) is 0 Å². The molecule has 1 amide bonds. The minimum absolute atomic E-state index is 0.167. The zero-order valence-electron chi connectivity index (χ0n) is 12.2. The maximum Gasteiger partial charge on any atom is 0.227 e. The van der Waals surface area contributed by atoms with Gasteiger partial charge in [0.15, 0.2) is 0 Å². The lowest BCUT2D eigenvalue weighted by molar-refractivity contribution is -0.135. The molecule has 1 N–H and O–H groups in total. The zero-order chi connectivity index (χ0) is 14.5. The molecule has 0 aliphatic carbocycles. The summed E-state index contributed by atoms with van der Waals surface area (Å²) in [6.07, 6.45) is 3.55. The van der Waals surface area contributed by atoms with Crippen molar-refractivity contribution in [2.75, 3.05) is 26.2 Å². The van der Waals surface area contributed by atoms with Crippen LogP contribution in [0.2, 0.25) is 0 Å². The molecule has 2 heterocycles. The number of amides is 1. The van der Waals surface area contributed by atoms with Crippen LogP contribution in [0.1, 0.15) is 19.4 Å². The number of carbonyl (C=O) groups excluding carboxylic acids is 1. The van der Waals surface area contributed by atoms with Gasteiger partial charge in [-0.25, -0.2) is 0 Å². The van der Waals surface area contributed by atoms with E-state index in [1.165, 1.54) is 0 Å². The van der Waals surface area contributed by atoms with Crippen LogP contribution in [-0.4, -0.2) is 64.1 Å². The van der Waals surface area contributed by atoms with E-state index in [4.69, 9.17) is 0 Å². The molecule has 1 aromatic heterocycles. The van der Waals surface area contributed by atoms with Crippen molar-refractivity contribution in [3.05, 3.63) is 30.1 Å². The average molecular weight is 277 g/mol. The van der Waals surface area contributed by atoms with Gasteiger partial charge in [-0.2, -0.15) is 0 Å². The average Bonchev–Trinajstić information content (AvgIpc) is 2.39. The first-order valence-electron chi connectivity index (χ1n) is 7.15. The molecule has 0 spiro atoms. The summed E-state index contributed by atoms with van der Waals surface area (Å²) >= 11 is 0. The van der Waals surface area contributed by atoms with Gasteiger partial charge in [-0.15, -0.1) is 0 Å². The highest BCUT2D eigenvalue weighted by Gasteiger charge is 2.27. The summed E-state index contributed by atoms with van der Waals surface area (Å²) in [6, 6.07) is 3.95. The fourth-order valence-corrected chi connectivity index (χ4v) is 2.72. The minimum Gasteiger partial charge on any atom is -0.392 e. The number of carbonyl (C=O) groups is 1. The van der Waals surface area contributed by atoms with Crippen molar-refractivity contribution in [1.82, 2.24) is 14.8 Å². The van der Waals surface area contributed by atoms with Crippen LogP contribution < -0.4 is 0 Å². The van der Waals surface area contributed by atoms with Gasteiger partial charge in [0, 0.05) is 44.6 Å². The summed E-state index contributed by atoms with van der Waals surface area (Å²) in [7, 11) is 0. The lowest BCUT2D eigenvalue weighted by atomic mass is 10.1. The standard InChI is InChI=1S/C15H23N3O2/c1-12-10-17(11-13(2)19)7-8-18(12)15(20)9-14-3-5-16-6-4-14/h3-6,12-13,19H,7-11H2,1-2H3/t12-,13+/m0/s1. The summed E-state index contributed by atoms with van der Waals surface area (Å²) in [4.78, 5) is 20.5. The van der Waals surface area contributed by atoms with Gasteiger partial charge >= 0.3 is 0 Å². The van der Waals surface area contributed by atoms with Gasteiger partial charge in [0.1, 0.15) is 0 Å². The zero-order valence-corrected chi connectivity index (χ0v) is 12.2. The third kappa shape index (κ3) is 4.02. The first-order chi connectivity index (χ1) is 9.56. The normalized spacial score (nSPS) is 21.8. The number of nitrogens with zero attached hydrogens (tertiary/aromatic N) is 3. The monoisotopic (exact) mass is 277 g/mol. The van der Waals surface area contributed by atoms with Crippen molar-refractivity contribution in [3.63, 3.8) is 0 Å². The SMILES string of the molecule is C[C@@H](O)CN1CCN(C(=O)Cc2ccncc2)[C@@H](C)C1. The molecule has 1 saturated heterocycles. The Balaban J connectivity index is 1.89. The van der Waals surface area contributed by atoms with E-state index in [9.17, 15) is 9.90 Å². The van der Waals surface area contributed by atoms with Crippen LogP contribution in [0.25, 0.3) is 0 Å². The number of aromatic nitrogens is 1. The Morgan fingerprint density at radius 1 is 1.45 bits per heavy atom. The van der Waals surface area contributed by atoms with E-state index in [1.807, 2.05) is 17.0 Å². The number of pyridine rings is 1. The van der Waals surface area contributed by atoms with Crippen LogP contribution in [0.3, 0.4) is 0 Å². The Kier molecular flexibility index (Phi) is 5.09. The molecule has 1 aliphatic rings. The molecule has 5 nitrogen and oxygen atoms in total. The molecule has 110 valence electrons. The molecule has 20 heavy (non-hydrogen) atoms. The van der Waals surface area contributed by atoms with Gasteiger partial charge in [-0.3, -0.25) is 14.7 Å². The number of hydrogen-bond donors (Lipinski definition) is 1. The summed E-state index contributed by atoms with van der Waals surface area (Å²) < 4.78 is 0. The molecule has 2 rings (SSSR count). The smallest absolute Gasteiger partial charge is 0.227 e. The minimum atomic E-state index is -0.318. The number of β-amino-alcohol motifs (C(OH)–C–C–N with tert-alkyl or cyclic N) is 1. The quantitative estimate of drug-likeness (QED) is 0.872. The Labute approximate surface area is 120 Å². The van der Waals surface area contributed by atoms with E-state index in [0.29, 0.717) is 13.0 Å². The number of aliphatic hydroxyl groups excluding tert-OH is 1. The Hall–Kier alpha value is -1.46. The first-order valence-corrected chi connectivity index (χ1v) is 7.15. The van der Waals surface area contributed by atoms with E-state index in [-0.39, 0.29) is 18.1 Å². The highest BCUT2D eigenvalue weighted by atomic mass is 16.3. The molecule has 0 bridgehead atoms. The molecule has 0 radical (unpaired) electrons. The summed E-state index contributed by atoms with van der Waals surface area (Å²) in [5.41, 5.74) is 1.00. The van der Waals surface area contributed by atoms with Gasteiger partial charge in [0.05, 0.1) is 12.5 Å². The molecule has 1 aromatic rings. The van der Waals surface area contributed by atoms with Crippen LogP contribution in [-0.2, 0) is 11.2 Å². The third-order valence-corrected chi connectivity index (χ3v) is 3.66. The maximum absolute atomic E-state index is 12.3. The van der Waals surface area contributed by atoms with Crippen LogP contribution >= 0.6 is 0 Å². The molecule has 0 unspecified atom stereocenters. The summed E-state index contributed by atoms with van der Waals surface area (Å²) in [5, 5.41) is 9.43. The molecule has 1 aliphatic heterocycles. The van der Waals surface area contributed by atoms with Crippen molar-refractivity contribution in [3.8, 4) is 0 Å². The van der Waals surface area contributed by atoms with Gasteiger partial charge in [0.2, 0.25) is 5.91 Å². The van der Waals surface area contributed by atoms with E-state index in [1.54, 1.807) is 19.3 Å².